The number of nitrogens with two attached hydrogens (primary N) is 2. The van der Waals surface area contributed by atoms with Crippen LogP contribution in [0.1, 0.15) is 11.4 Å². The molecule has 1 atom stereocenters. The van der Waals surface area contributed by atoms with Crippen LogP contribution in [0.15, 0.2) is 22.9 Å². The van der Waals surface area contributed by atoms with E-state index in [1.807, 2.05) is 0 Å². The molecule has 7 N–H and O–H groups in total. The average molecular weight is 499 g/mol. The number of anilines is 1. The number of nitrogens with zero attached hydrogens (tertiary/aromatic N) is 5. The highest BCUT2D eigenvalue weighted by Gasteiger charge is 2.45. The van der Waals surface area contributed by atoms with Crippen LogP contribution in [0.3, 0.4) is 0 Å². The number of hydrogen-bond acceptors (Lipinski definition) is 13. The number of hydrogen-bond donors (Lipinski definition) is 5. The normalized spacial score (nSPS) is 16.2. The molecular weight excluding hydrogens is 482 g/mol. The quantitative estimate of drug-likeness (QED) is 0.0579. The zero-order valence-electron chi connectivity index (χ0n) is 16.5. The van der Waals surface area contributed by atoms with Gasteiger partial charge in [-0.05, 0) is 0 Å². The monoisotopic (exact) mass is 499 g/mol. The Morgan fingerprint density at radius 1 is 1.36 bits per heavy atom. The van der Waals surface area contributed by atoms with Crippen molar-refractivity contribution in [3.8, 4) is 5.88 Å². The lowest BCUT2D eigenvalue weighted by Gasteiger charge is -2.35. The summed E-state index contributed by atoms with van der Waals surface area (Å²) in [4.78, 5) is 41.2. The molecule has 2 aromatic rings. The molecule has 0 radical (unpaired) electrons. The Morgan fingerprint density at radius 3 is 2.67 bits per heavy atom. The fraction of sp³-hybridized carbons (Fsp3) is 0.267. The first-order valence-corrected chi connectivity index (χ1v) is 11.1. The summed E-state index contributed by atoms with van der Waals surface area (Å²) in [6.45, 7) is -0.588. The maximum absolute atomic E-state index is 12.6. The van der Waals surface area contributed by atoms with Gasteiger partial charge in [0.15, 0.2) is 17.5 Å². The fourth-order valence-corrected chi connectivity index (χ4v) is 3.60. The highest BCUT2D eigenvalue weighted by molar-refractivity contribution is 7.84. The van der Waals surface area contributed by atoms with Gasteiger partial charge in [-0.1, -0.05) is 5.16 Å². The van der Waals surface area contributed by atoms with E-state index in [9.17, 15) is 18.0 Å². The predicted molar refractivity (Wildman–Crippen MR) is 113 cm³/mol. The fourth-order valence-electron chi connectivity index (χ4n) is 2.36. The number of β-lactam (4-membered cyclic amide) rings is 1. The summed E-state index contributed by atoms with van der Waals surface area (Å²) in [6.07, 6.45) is 2.53. The molecule has 0 aliphatic carbocycles. The molecule has 33 heavy (non-hydrogen) atoms. The van der Waals surface area contributed by atoms with E-state index in [0.717, 1.165) is 11.3 Å². The molecule has 0 bridgehead atoms. The number of nitrogens with one attached hydrogen (secondary N) is 2. The van der Waals surface area contributed by atoms with Gasteiger partial charge in [0, 0.05) is 5.38 Å². The lowest BCUT2D eigenvalue weighted by Crippen LogP contribution is -2.65. The van der Waals surface area contributed by atoms with Crippen LogP contribution in [0, 0.1) is 5.41 Å². The summed E-state index contributed by atoms with van der Waals surface area (Å²) in [5.41, 5.74) is 10.8. The van der Waals surface area contributed by atoms with Crippen LogP contribution in [0.4, 0.5) is 5.13 Å². The van der Waals surface area contributed by atoms with Crippen LogP contribution >= 0.6 is 11.3 Å². The van der Waals surface area contributed by atoms with Gasteiger partial charge in [-0.2, -0.15) is 8.42 Å². The summed E-state index contributed by atoms with van der Waals surface area (Å²) in [5.74, 6) is -1.98. The minimum Gasteiger partial charge on any atom is -0.473 e. The molecule has 0 aromatic carbocycles. The Labute approximate surface area is 190 Å². The number of carbonyl (C=O) groups is 2. The number of rotatable bonds is 10. The third-order valence-corrected chi connectivity index (χ3v) is 5.50. The molecule has 3 heterocycles. The predicted octanol–water partition coefficient (Wildman–Crippen LogP) is -2.27. The van der Waals surface area contributed by atoms with Crippen molar-refractivity contribution in [3.63, 3.8) is 0 Å². The van der Waals surface area contributed by atoms with E-state index in [1.54, 1.807) is 0 Å². The number of nitrogen functional groups attached to an aromatic ring is 2. The van der Waals surface area contributed by atoms with E-state index in [-0.39, 0.29) is 51.5 Å². The van der Waals surface area contributed by atoms with Crippen molar-refractivity contribution < 1.29 is 32.1 Å². The first kappa shape index (κ1) is 23.8. The smallest absolute Gasteiger partial charge is 0.362 e. The summed E-state index contributed by atoms with van der Waals surface area (Å²) in [7, 11) is -4.69. The van der Waals surface area contributed by atoms with Crippen molar-refractivity contribution in [1.82, 2.24) is 24.6 Å². The molecule has 1 aliphatic rings. The Balaban J connectivity index is 1.58. The number of aromatic nitrogens is 3. The molecule has 1 aliphatic heterocycles. The van der Waals surface area contributed by atoms with Crippen LogP contribution in [0.2, 0.25) is 0 Å². The summed E-state index contributed by atoms with van der Waals surface area (Å²) < 4.78 is 36.4. The summed E-state index contributed by atoms with van der Waals surface area (Å²) in [6, 6.07) is -1.18. The van der Waals surface area contributed by atoms with E-state index >= 15 is 0 Å². The van der Waals surface area contributed by atoms with Crippen LogP contribution in [0.5, 0.6) is 5.88 Å². The van der Waals surface area contributed by atoms with Gasteiger partial charge in [-0.15, -0.1) is 11.3 Å². The van der Waals surface area contributed by atoms with E-state index < -0.39 is 34.7 Å². The second-order valence-electron chi connectivity index (χ2n) is 6.22. The third kappa shape index (κ3) is 5.87. The minimum atomic E-state index is -4.69. The molecule has 2 aromatic heterocycles. The molecule has 0 saturated carbocycles. The van der Waals surface area contributed by atoms with E-state index in [1.165, 1.54) is 17.8 Å². The first-order valence-electron chi connectivity index (χ1n) is 8.86. The maximum atomic E-state index is 12.6. The van der Waals surface area contributed by atoms with Crippen LogP contribution in [-0.4, -0.2) is 81.4 Å². The van der Waals surface area contributed by atoms with Gasteiger partial charge in [0.2, 0.25) is 5.88 Å². The molecule has 3 rings (SSSR count). The van der Waals surface area contributed by atoms with Crippen molar-refractivity contribution in [2.45, 2.75) is 6.04 Å². The molecule has 0 spiro atoms. The first-order chi connectivity index (χ1) is 15.6. The third-order valence-electron chi connectivity index (χ3n) is 3.94. The van der Waals surface area contributed by atoms with E-state index in [2.05, 4.69) is 25.4 Å². The SMILES string of the molecule is N=C(N)c1cnc(OCCO/N=C(\C(=O)N[C@H]2CN(S(=O)(=O)O)C2=O)c2csc(N)n2)cn1. The number of carbonyl (C=O) groups excluding carboxylic acids is 2. The zero-order valence-corrected chi connectivity index (χ0v) is 18.2. The largest absolute Gasteiger partial charge is 0.473 e. The van der Waals surface area contributed by atoms with Gasteiger partial charge < -0.3 is 26.4 Å². The summed E-state index contributed by atoms with van der Waals surface area (Å²) in [5, 5.41) is 14.8. The van der Waals surface area contributed by atoms with Gasteiger partial charge in [0.05, 0.1) is 18.9 Å². The van der Waals surface area contributed by atoms with Gasteiger partial charge >= 0.3 is 10.3 Å². The number of amides is 2. The van der Waals surface area contributed by atoms with E-state index in [0.29, 0.717) is 0 Å². The molecule has 2 amide bonds. The van der Waals surface area contributed by atoms with Crippen molar-refractivity contribution in [1.29, 1.82) is 5.41 Å². The Kier molecular flexibility index (Phi) is 6.99. The van der Waals surface area contributed by atoms with E-state index in [4.69, 9.17) is 31.0 Å². The van der Waals surface area contributed by atoms with Crippen molar-refractivity contribution in [2.75, 3.05) is 25.5 Å². The molecule has 1 fully saturated rings. The van der Waals surface area contributed by atoms with Crippen molar-refractivity contribution in [3.05, 3.63) is 29.2 Å². The lowest BCUT2D eigenvalue weighted by atomic mass is 10.1. The highest BCUT2D eigenvalue weighted by Crippen LogP contribution is 2.16. The zero-order chi connectivity index (χ0) is 24.2. The number of ether oxygens (including phenoxy) is 1. The molecule has 16 nitrogen and oxygen atoms in total. The van der Waals surface area contributed by atoms with Crippen LogP contribution < -0.4 is 21.5 Å². The van der Waals surface area contributed by atoms with Gasteiger partial charge in [-0.25, -0.2) is 19.3 Å². The molecule has 18 heteroatoms. The maximum Gasteiger partial charge on any atom is 0.362 e. The van der Waals surface area contributed by atoms with Crippen LogP contribution in [-0.2, 0) is 24.7 Å². The Hall–Kier alpha value is -3.90. The standard InChI is InChI=1S/C15H17N9O7S2/c16-12(17)7-3-20-10(4-19-7)30-1-2-31-23-11(9-6-32-15(18)22-9)13(25)21-8-5-24(14(8)26)33(27,28)29/h3-4,6,8H,1-2,5H2,(H3,16,17)(H2,18,22)(H,21,25)(H,27,28,29)/b23-11-/t8-/m0/s1. The highest BCUT2D eigenvalue weighted by atomic mass is 32.2. The van der Waals surface area contributed by atoms with Crippen molar-refractivity contribution >= 4 is 50.1 Å². The van der Waals surface area contributed by atoms with Gasteiger partial charge in [-0.3, -0.25) is 19.6 Å². The molecular formula is C15H17N9O7S2. The second kappa shape index (κ2) is 9.71. The Morgan fingerprint density at radius 2 is 2.12 bits per heavy atom. The van der Waals surface area contributed by atoms with Gasteiger partial charge in [0.1, 0.15) is 29.9 Å². The lowest BCUT2D eigenvalue weighted by molar-refractivity contribution is -0.139. The summed E-state index contributed by atoms with van der Waals surface area (Å²) >= 11 is 1.04. The number of oxime groups is 1. The number of thiazole rings is 1. The molecule has 176 valence electrons. The van der Waals surface area contributed by atoms with Crippen LogP contribution in [0.25, 0.3) is 0 Å². The number of amidine groups is 1. The Bertz CT molecular complexity index is 1200. The van der Waals surface area contributed by atoms with Crippen molar-refractivity contribution in [2.24, 2.45) is 10.9 Å². The topological polar surface area (TPSA) is 249 Å². The minimum absolute atomic E-state index is 0.0316. The average Bonchev–Trinajstić information content (AvgIpc) is 3.18. The second-order valence-corrected chi connectivity index (χ2v) is 8.45. The molecule has 0 unspecified atom stereocenters. The van der Waals surface area contributed by atoms with Gasteiger partial charge in [0.25, 0.3) is 11.8 Å². The molecule has 1 saturated heterocycles.